The number of hydrazine groups is 1. The van der Waals surface area contributed by atoms with Crippen LogP contribution in [0.4, 0.5) is 0 Å². The van der Waals surface area contributed by atoms with E-state index < -0.39 is 9.84 Å². The van der Waals surface area contributed by atoms with Crippen LogP contribution in [0.15, 0.2) is 24.3 Å². The van der Waals surface area contributed by atoms with Crippen molar-refractivity contribution in [3.8, 4) is 0 Å². The van der Waals surface area contributed by atoms with Gasteiger partial charge in [-0.25, -0.2) is 14.3 Å². The highest BCUT2D eigenvalue weighted by atomic mass is 32.2. The number of rotatable bonds is 3. The highest BCUT2D eigenvalue weighted by Crippen LogP contribution is 2.14. The number of benzene rings is 1. The largest absolute Gasteiger partial charge is 0.297 e. The summed E-state index contributed by atoms with van der Waals surface area (Å²) in [4.78, 5) is 13.7. The van der Waals surface area contributed by atoms with Gasteiger partial charge in [0.1, 0.15) is 0 Å². The van der Waals surface area contributed by atoms with E-state index in [2.05, 4.69) is 5.43 Å². The minimum atomic E-state index is -2.88. The minimum Gasteiger partial charge on any atom is -0.297 e. The Bertz CT molecular complexity index is 557. The summed E-state index contributed by atoms with van der Waals surface area (Å²) in [7, 11) is -2.88. The molecule has 1 aromatic carbocycles. The SMILES string of the molecule is NNC(=O)c1ccccc1CN1CCS(=O)(=O)CC1. The van der Waals surface area contributed by atoms with Gasteiger partial charge in [0.15, 0.2) is 9.84 Å². The van der Waals surface area contributed by atoms with Gasteiger partial charge in [0.2, 0.25) is 0 Å². The van der Waals surface area contributed by atoms with Gasteiger partial charge < -0.3 is 0 Å². The Morgan fingerprint density at radius 1 is 1.26 bits per heavy atom. The Balaban J connectivity index is 2.10. The molecule has 19 heavy (non-hydrogen) atoms. The van der Waals surface area contributed by atoms with Crippen molar-refractivity contribution in [2.45, 2.75) is 6.54 Å². The molecule has 6 nitrogen and oxygen atoms in total. The fourth-order valence-electron chi connectivity index (χ4n) is 2.11. The molecule has 1 fully saturated rings. The summed E-state index contributed by atoms with van der Waals surface area (Å²) < 4.78 is 22.7. The maximum atomic E-state index is 11.6. The smallest absolute Gasteiger partial charge is 0.265 e. The predicted molar refractivity (Wildman–Crippen MR) is 72.0 cm³/mol. The Morgan fingerprint density at radius 3 is 2.53 bits per heavy atom. The lowest BCUT2D eigenvalue weighted by Gasteiger charge is -2.27. The van der Waals surface area contributed by atoms with Crippen LogP contribution < -0.4 is 11.3 Å². The van der Waals surface area contributed by atoms with Crippen molar-refractivity contribution in [2.75, 3.05) is 24.6 Å². The lowest BCUT2D eigenvalue weighted by atomic mass is 10.1. The number of nitrogens with two attached hydrogens (primary N) is 1. The molecule has 0 saturated carbocycles. The van der Waals surface area contributed by atoms with Gasteiger partial charge in [0, 0.05) is 25.2 Å². The van der Waals surface area contributed by atoms with Crippen LogP contribution in [0.3, 0.4) is 0 Å². The number of nitrogen functional groups attached to an aromatic ring is 1. The van der Waals surface area contributed by atoms with Gasteiger partial charge in [0.05, 0.1) is 11.5 Å². The molecule has 1 aliphatic heterocycles. The Morgan fingerprint density at radius 2 is 1.89 bits per heavy atom. The van der Waals surface area contributed by atoms with E-state index in [1.54, 1.807) is 12.1 Å². The molecule has 104 valence electrons. The molecule has 0 unspecified atom stereocenters. The molecule has 2 rings (SSSR count). The fourth-order valence-corrected chi connectivity index (χ4v) is 3.38. The van der Waals surface area contributed by atoms with E-state index in [0.29, 0.717) is 25.2 Å². The van der Waals surface area contributed by atoms with E-state index >= 15 is 0 Å². The van der Waals surface area contributed by atoms with E-state index in [1.807, 2.05) is 17.0 Å². The van der Waals surface area contributed by atoms with Gasteiger partial charge in [-0.2, -0.15) is 0 Å². The summed E-state index contributed by atoms with van der Waals surface area (Å²) in [5, 5.41) is 0. The second-order valence-electron chi connectivity index (χ2n) is 4.56. The molecule has 1 amide bonds. The molecule has 0 bridgehead atoms. The molecular weight excluding hydrogens is 266 g/mol. The number of carbonyl (C=O) groups is 1. The Kier molecular flexibility index (Phi) is 4.18. The summed E-state index contributed by atoms with van der Waals surface area (Å²) in [6, 6.07) is 7.18. The normalized spacial score (nSPS) is 19.0. The quantitative estimate of drug-likeness (QED) is 0.444. The minimum absolute atomic E-state index is 0.179. The first kappa shape index (κ1) is 14.0. The van der Waals surface area contributed by atoms with Crippen molar-refractivity contribution >= 4 is 15.7 Å². The average Bonchev–Trinajstić information content (AvgIpc) is 2.41. The van der Waals surface area contributed by atoms with Crippen LogP contribution in [0.25, 0.3) is 0 Å². The highest BCUT2D eigenvalue weighted by Gasteiger charge is 2.22. The van der Waals surface area contributed by atoms with Gasteiger partial charge in [-0.3, -0.25) is 15.1 Å². The summed E-state index contributed by atoms with van der Waals surface area (Å²) >= 11 is 0. The van der Waals surface area contributed by atoms with Crippen LogP contribution in [-0.2, 0) is 16.4 Å². The molecule has 7 heteroatoms. The number of hydrogen-bond acceptors (Lipinski definition) is 5. The summed E-state index contributed by atoms with van der Waals surface area (Å²) in [5.74, 6) is 5.17. The van der Waals surface area contributed by atoms with Crippen molar-refractivity contribution in [3.05, 3.63) is 35.4 Å². The first-order chi connectivity index (χ1) is 9.02. The monoisotopic (exact) mass is 283 g/mol. The van der Waals surface area contributed by atoms with Crippen LogP contribution in [-0.4, -0.2) is 43.8 Å². The fraction of sp³-hybridized carbons (Fsp3) is 0.417. The van der Waals surface area contributed by atoms with Crippen LogP contribution in [0.5, 0.6) is 0 Å². The Labute approximate surface area is 112 Å². The lowest BCUT2D eigenvalue weighted by molar-refractivity contribution is 0.0951. The third kappa shape index (κ3) is 3.52. The molecule has 0 aromatic heterocycles. The summed E-state index contributed by atoms with van der Waals surface area (Å²) in [5.41, 5.74) is 3.50. The number of sulfone groups is 1. The molecule has 0 aliphatic carbocycles. The van der Waals surface area contributed by atoms with Gasteiger partial charge in [-0.15, -0.1) is 0 Å². The van der Waals surface area contributed by atoms with Crippen LogP contribution in [0.1, 0.15) is 15.9 Å². The molecular formula is C12H17N3O3S. The lowest BCUT2D eigenvalue weighted by Crippen LogP contribution is -2.40. The van der Waals surface area contributed by atoms with Crippen molar-refractivity contribution in [2.24, 2.45) is 5.84 Å². The second kappa shape index (κ2) is 5.68. The second-order valence-corrected chi connectivity index (χ2v) is 6.86. The molecule has 3 N–H and O–H groups in total. The van der Waals surface area contributed by atoms with Crippen molar-refractivity contribution < 1.29 is 13.2 Å². The van der Waals surface area contributed by atoms with Crippen LogP contribution in [0.2, 0.25) is 0 Å². The number of hydrogen-bond donors (Lipinski definition) is 2. The average molecular weight is 283 g/mol. The zero-order chi connectivity index (χ0) is 13.9. The summed E-state index contributed by atoms with van der Waals surface area (Å²) in [6.07, 6.45) is 0. The number of nitrogens with one attached hydrogen (secondary N) is 1. The van der Waals surface area contributed by atoms with Gasteiger partial charge in [-0.1, -0.05) is 18.2 Å². The zero-order valence-electron chi connectivity index (χ0n) is 10.5. The van der Waals surface area contributed by atoms with Crippen LogP contribution in [0, 0.1) is 0 Å². The first-order valence-corrected chi connectivity index (χ1v) is 7.85. The standard InChI is InChI=1S/C12H17N3O3S/c13-14-12(16)11-4-2-1-3-10(11)9-15-5-7-19(17,18)8-6-15/h1-4H,5-9,13H2,(H,14,16). The van der Waals surface area contributed by atoms with Crippen molar-refractivity contribution in [1.82, 2.24) is 10.3 Å². The third-order valence-corrected chi connectivity index (χ3v) is 4.83. The van der Waals surface area contributed by atoms with Gasteiger partial charge in [-0.05, 0) is 11.6 Å². The molecule has 1 aliphatic rings. The maximum Gasteiger partial charge on any atom is 0.265 e. The van der Waals surface area contributed by atoms with Crippen molar-refractivity contribution in [1.29, 1.82) is 0 Å². The molecule has 0 atom stereocenters. The molecule has 1 saturated heterocycles. The van der Waals surface area contributed by atoms with Crippen molar-refractivity contribution in [3.63, 3.8) is 0 Å². The predicted octanol–water partition coefficient (Wildman–Crippen LogP) is -0.480. The molecule has 1 heterocycles. The topological polar surface area (TPSA) is 92.5 Å². The Hall–Kier alpha value is -1.44. The first-order valence-electron chi connectivity index (χ1n) is 6.03. The molecule has 0 radical (unpaired) electrons. The van der Waals surface area contributed by atoms with Gasteiger partial charge in [0.25, 0.3) is 5.91 Å². The van der Waals surface area contributed by atoms with Gasteiger partial charge >= 0.3 is 0 Å². The van der Waals surface area contributed by atoms with E-state index in [9.17, 15) is 13.2 Å². The third-order valence-electron chi connectivity index (χ3n) is 3.22. The van der Waals surface area contributed by atoms with E-state index in [1.165, 1.54) is 0 Å². The summed E-state index contributed by atoms with van der Waals surface area (Å²) in [6.45, 7) is 1.56. The van der Waals surface area contributed by atoms with E-state index in [0.717, 1.165) is 5.56 Å². The van der Waals surface area contributed by atoms with E-state index in [4.69, 9.17) is 5.84 Å². The number of carbonyl (C=O) groups excluding carboxylic acids is 1. The molecule has 1 aromatic rings. The molecule has 0 spiro atoms. The number of amides is 1. The highest BCUT2D eigenvalue weighted by molar-refractivity contribution is 7.91. The number of nitrogens with zero attached hydrogens (tertiary/aromatic N) is 1. The zero-order valence-corrected chi connectivity index (χ0v) is 11.3. The maximum absolute atomic E-state index is 11.6. The van der Waals surface area contributed by atoms with E-state index in [-0.39, 0.29) is 17.4 Å². The van der Waals surface area contributed by atoms with Crippen LogP contribution >= 0.6 is 0 Å².